The van der Waals surface area contributed by atoms with Crippen LogP contribution in [0.2, 0.25) is 0 Å². The molecule has 508 valence electrons. The van der Waals surface area contributed by atoms with Gasteiger partial charge in [0.05, 0.1) is 54.4 Å². The van der Waals surface area contributed by atoms with E-state index in [2.05, 4.69) is 116 Å². The van der Waals surface area contributed by atoms with Crippen molar-refractivity contribution in [2.45, 2.75) is 324 Å². The maximum Gasteiger partial charge on any atom is 0.186 e. The van der Waals surface area contributed by atoms with Gasteiger partial charge in [0.2, 0.25) is 0 Å². The van der Waals surface area contributed by atoms with E-state index in [1.54, 1.807) is 0 Å². The normalized spacial score (nSPS) is 51.5. The van der Waals surface area contributed by atoms with E-state index in [0.29, 0.717) is 30.1 Å². The minimum absolute atomic E-state index is 0.0231. The first kappa shape index (κ1) is 71.2. The van der Waals surface area contributed by atoms with Crippen LogP contribution in [0.5, 0.6) is 0 Å². The van der Waals surface area contributed by atoms with Crippen molar-refractivity contribution >= 4 is 0 Å². The van der Waals surface area contributed by atoms with Crippen LogP contribution in [0.4, 0.5) is 0 Å². The van der Waals surface area contributed by atoms with Crippen LogP contribution >= 0.6 is 0 Å². The van der Waals surface area contributed by atoms with Crippen molar-refractivity contribution in [2.75, 3.05) is 13.2 Å². The fourth-order valence-corrected chi connectivity index (χ4v) is 24.2. The number of rotatable bonds is 14. The molecule has 10 aliphatic rings. The number of ether oxygens (including phenoxy) is 3. The first-order valence-electron chi connectivity index (χ1n) is 35.0. The number of hydrogen-bond donors (Lipinski definition) is 12. The summed E-state index contributed by atoms with van der Waals surface area (Å²) >= 11 is 0. The molecule has 0 spiro atoms. The molecule has 10 rings (SSSR count). The summed E-state index contributed by atoms with van der Waals surface area (Å²) in [7, 11) is 0. The summed E-state index contributed by atoms with van der Waals surface area (Å²) in [5.41, 5.74) is 0.555. The summed E-state index contributed by atoms with van der Waals surface area (Å²) in [5, 5.41) is 130. The monoisotopic (exact) mass is 1240 g/mol. The molecule has 0 radical (unpaired) electrons. The van der Waals surface area contributed by atoms with Crippen molar-refractivity contribution in [3.63, 3.8) is 0 Å². The molecule has 9 aliphatic carbocycles. The van der Waals surface area contributed by atoms with Gasteiger partial charge in [0.25, 0.3) is 0 Å². The SMILES string of the molecule is CC(C)=CCCC(C)(O[C@@H]1C[C@H](CO)[C@@H](O)[C@H](O)[C@H]1O)[C@H]1CC[C@]2(C)[C@@H]1[C@H](O)C[C@@H]1[C@@]3(C)CC[C@H](O)C(C)(C)[C@@H]3CC[C@]12C.CC(C)=CCC[C@](C)(O)[C@H]1CC[C@]2(C)[C@@H]1[C@H](O)C[C@@H]1[C@@]3(C)CCC(O[C@@H]4O[C@H](CO)[C@@H](O)[C@H](O)[C@H]4O)C(C)(C)[C@@H]3CC[C@]12C. The van der Waals surface area contributed by atoms with Crippen LogP contribution in [0.15, 0.2) is 23.3 Å². The summed E-state index contributed by atoms with van der Waals surface area (Å²) in [6, 6.07) is 0. The summed E-state index contributed by atoms with van der Waals surface area (Å²) in [4.78, 5) is 0. The lowest BCUT2D eigenvalue weighted by molar-refractivity contribution is -0.332. The van der Waals surface area contributed by atoms with Gasteiger partial charge in [-0.2, -0.15) is 0 Å². The lowest BCUT2D eigenvalue weighted by Gasteiger charge is -2.70. The topological polar surface area (TPSA) is 270 Å². The van der Waals surface area contributed by atoms with Crippen molar-refractivity contribution in [2.24, 2.45) is 96.6 Å². The predicted octanol–water partition coefficient (Wildman–Crippen LogP) is 9.31. The Kier molecular flexibility index (Phi) is 20.3. The van der Waals surface area contributed by atoms with E-state index in [1.165, 1.54) is 11.1 Å². The molecule has 1 saturated heterocycles. The van der Waals surface area contributed by atoms with Gasteiger partial charge in [0.15, 0.2) is 6.29 Å². The molecule has 15 heteroatoms. The number of aliphatic hydroxyl groups is 12. The van der Waals surface area contributed by atoms with Crippen LogP contribution in [-0.2, 0) is 14.2 Å². The molecule has 2 unspecified atom stereocenters. The number of allylic oxidation sites excluding steroid dienone is 4. The standard InChI is InChI=1S/C37H64O7.C36H62O8/c1-21(2)10-9-14-37(8,44-25-18-22(20-38)30(41)32(43)31(25)42)23-11-16-36(7)29(23)24(39)19-27-34(5)15-13-28(40)33(3,4)26(34)12-17-35(27,36)6;1-20(2)10-9-14-36(8,42)21-11-16-35(7)27(21)22(38)18-25-33(5)15-13-26(32(3,4)24(33)12-17-34(25,35)6)44-31-30(41)29(40)28(39)23(19-37)43-31/h10,22-32,38-43H,9,11-20H2,1-8H3;10,21-31,37-42H,9,11-19H2,1-8H3/t22-,23+,24-,25-,26+,27-,28+,29+,30-,31+,32+,34+,35-,36-,37?;21-,22+,23+,24-,25+,26?,27-,28+,29-,30+,31-,33-,34+,35+,36-/m10/s1. The summed E-state index contributed by atoms with van der Waals surface area (Å²) in [6.07, 6.45) is 8.59. The second-order valence-corrected chi connectivity index (χ2v) is 35.1. The van der Waals surface area contributed by atoms with E-state index in [0.717, 1.165) is 109 Å². The Morgan fingerprint density at radius 3 is 1.50 bits per heavy atom. The van der Waals surface area contributed by atoms with Crippen LogP contribution in [0.3, 0.4) is 0 Å². The molecular weight excluding hydrogens is 1120 g/mol. The molecule has 0 aromatic carbocycles. The molecule has 15 nitrogen and oxygen atoms in total. The predicted molar refractivity (Wildman–Crippen MR) is 340 cm³/mol. The summed E-state index contributed by atoms with van der Waals surface area (Å²) < 4.78 is 19.2. The highest BCUT2D eigenvalue weighted by Gasteiger charge is 2.74. The maximum absolute atomic E-state index is 12.3. The molecule has 88 heavy (non-hydrogen) atoms. The van der Waals surface area contributed by atoms with Crippen molar-refractivity contribution in [1.82, 2.24) is 0 Å². The third-order valence-electron chi connectivity index (χ3n) is 29.6. The molecular formula is C73H126O15. The lowest BCUT2D eigenvalue weighted by atomic mass is 9.35. The average Bonchev–Trinajstić information content (AvgIpc) is 1.50. The van der Waals surface area contributed by atoms with Gasteiger partial charge in [-0.05, 0) is 254 Å². The smallest absolute Gasteiger partial charge is 0.186 e. The van der Waals surface area contributed by atoms with Gasteiger partial charge in [0.1, 0.15) is 36.6 Å². The Balaban J connectivity index is 0.000000209. The van der Waals surface area contributed by atoms with Crippen LogP contribution in [0.1, 0.15) is 233 Å². The Hall–Kier alpha value is -1.12. The first-order chi connectivity index (χ1) is 40.7. The van der Waals surface area contributed by atoms with Gasteiger partial charge >= 0.3 is 0 Å². The fourth-order valence-electron chi connectivity index (χ4n) is 24.2. The molecule has 12 N–H and O–H groups in total. The van der Waals surface area contributed by atoms with Crippen LogP contribution in [-0.4, -0.2) is 165 Å². The largest absolute Gasteiger partial charge is 0.396 e. The van der Waals surface area contributed by atoms with Crippen molar-refractivity contribution in [1.29, 1.82) is 0 Å². The number of hydrogen-bond acceptors (Lipinski definition) is 15. The van der Waals surface area contributed by atoms with Crippen molar-refractivity contribution in [3.05, 3.63) is 23.3 Å². The van der Waals surface area contributed by atoms with Gasteiger partial charge in [0, 0.05) is 12.5 Å². The third kappa shape index (κ3) is 11.5. The van der Waals surface area contributed by atoms with Gasteiger partial charge in [-0.1, -0.05) is 92.5 Å². The molecule has 1 aliphatic heterocycles. The quantitative estimate of drug-likeness (QED) is 0.0571. The first-order valence-corrected chi connectivity index (χ1v) is 35.0. The van der Waals surface area contributed by atoms with Crippen LogP contribution < -0.4 is 0 Å². The molecule has 9 saturated carbocycles. The second kappa shape index (κ2) is 25.1. The van der Waals surface area contributed by atoms with Gasteiger partial charge < -0.3 is 75.5 Å². The highest BCUT2D eigenvalue weighted by molar-refractivity contribution is 5.23. The van der Waals surface area contributed by atoms with Crippen molar-refractivity contribution in [3.8, 4) is 0 Å². The van der Waals surface area contributed by atoms with E-state index >= 15 is 0 Å². The molecule has 0 bridgehead atoms. The average molecular weight is 1240 g/mol. The zero-order valence-electron chi connectivity index (χ0n) is 57.3. The molecule has 0 aromatic rings. The molecule has 1 heterocycles. The summed E-state index contributed by atoms with van der Waals surface area (Å²) in [5.74, 6) is 1.12. The Labute approximate surface area is 529 Å². The number of fused-ring (bicyclic) bond motifs is 10. The van der Waals surface area contributed by atoms with E-state index in [4.69, 9.17) is 14.2 Å². The Morgan fingerprint density at radius 2 is 0.977 bits per heavy atom. The minimum Gasteiger partial charge on any atom is -0.396 e. The molecule has 30 atom stereocenters. The Bertz CT molecular complexity index is 2470. The minimum atomic E-state index is -1.46. The van der Waals surface area contributed by atoms with Gasteiger partial charge in [-0.15, -0.1) is 0 Å². The summed E-state index contributed by atoms with van der Waals surface area (Å²) in [6.45, 7) is 35.5. The van der Waals surface area contributed by atoms with E-state index in [1.807, 2.05) is 6.92 Å². The molecule has 0 amide bonds. The highest BCUT2D eigenvalue weighted by atomic mass is 16.7. The molecule has 0 aromatic heterocycles. The van der Waals surface area contributed by atoms with Crippen molar-refractivity contribution < 1.29 is 75.5 Å². The highest BCUT2D eigenvalue weighted by Crippen LogP contribution is 2.78. The number of aliphatic hydroxyl groups excluding tert-OH is 11. The fraction of sp³-hybridized carbons (Fsp3) is 0.945. The third-order valence-corrected chi connectivity index (χ3v) is 29.6. The maximum atomic E-state index is 12.3. The van der Waals surface area contributed by atoms with Crippen LogP contribution in [0.25, 0.3) is 0 Å². The molecule has 10 fully saturated rings. The van der Waals surface area contributed by atoms with E-state index in [-0.39, 0.29) is 92.2 Å². The lowest BCUT2D eigenvalue weighted by Crippen LogP contribution is -2.67. The van der Waals surface area contributed by atoms with E-state index in [9.17, 15) is 61.3 Å². The van der Waals surface area contributed by atoms with Crippen LogP contribution in [0, 0.1) is 96.6 Å². The zero-order chi connectivity index (χ0) is 65.2. The van der Waals surface area contributed by atoms with E-state index < -0.39 is 91.1 Å². The van der Waals surface area contributed by atoms with Gasteiger partial charge in [-0.25, -0.2) is 0 Å². The second-order valence-electron chi connectivity index (χ2n) is 35.1. The van der Waals surface area contributed by atoms with Gasteiger partial charge in [-0.3, -0.25) is 0 Å². The Morgan fingerprint density at radius 1 is 0.500 bits per heavy atom. The zero-order valence-corrected chi connectivity index (χ0v) is 57.3.